The highest BCUT2D eigenvalue weighted by Gasteiger charge is 2.27. The summed E-state index contributed by atoms with van der Waals surface area (Å²) < 4.78 is 0. The van der Waals surface area contributed by atoms with Crippen molar-refractivity contribution in [1.82, 2.24) is 10.2 Å². The number of nitrogens with zero attached hydrogens (tertiary/aromatic N) is 1. The zero-order valence-corrected chi connectivity index (χ0v) is 10.5. The summed E-state index contributed by atoms with van der Waals surface area (Å²) in [4.78, 5) is 13.9. The van der Waals surface area contributed by atoms with E-state index in [0.29, 0.717) is 12.0 Å². The van der Waals surface area contributed by atoms with Crippen LogP contribution in [0.2, 0.25) is 0 Å². The molecule has 0 radical (unpaired) electrons. The van der Waals surface area contributed by atoms with Gasteiger partial charge in [-0.25, -0.2) is 4.79 Å². The first-order valence-electron chi connectivity index (χ1n) is 6.96. The molecule has 1 unspecified atom stereocenters. The van der Waals surface area contributed by atoms with E-state index in [1.54, 1.807) is 0 Å². The lowest BCUT2D eigenvalue weighted by Gasteiger charge is -2.26. The van der Waals surface area contributed by atoms with E-state index in [9.17, 15) is 4.79 Å². The number of hydrogen-bond donors (Lipinski definition) is 2. The number of hydrogen-bond acceptors (Lipinski definition) is 2. The van der Waals surface area contributed by atoms with Gasteiger partial charge in [0.2, 0.25) is 0 Å². The average molecular weight is 240 g/mol. The Morgan fingerprint density at radius 2 is 2.00 bits per heavy atom. The van der Waals surface area contributed by atoms with Gasteiger partial charge in [0.25, 0.3) is 0 Å². The lowest BCUT2D eigenvalue weighted by molar-refractivity contribution is 0.196. The van der Waals surface area contributed by atoms with Crippen molar-refractivity contribution in [2.24, 2.45) is 5.92 Å². The number of carbonyl (C=O) groups excluding carboxylic acids is 1. The molecule has 1 aliphatic heterocycles. The molecule has 2 aliphatic rings. The van der Waals surface area contributed by atoms with Crippen molar-refractivity contribution >= 4 is 6.03 Å². The summed E-state index contributed by atoms with van der Waals surface area (Å²) >= 11 is 0. The molecule has 0 bridgehead atoms. The quantitative estimate of drug-likeness (QED) is 0.789. The molecule has 2 amide bonds. The van der Waals surface area contributed by atoms with Crippen LogP contribution in [0.4, 0.5) is 4.79 Å². The molecular weight excluding hydrogens is 216 g/mol. The topological polar surface area (TPSA) is 52.6 Å². The predicted molar refractivity (Wildman–Crippen MR) is 66.8 cm³/mol. The molecule has 0 aromatic heterocycles. The highest BCUT2D eigenvalue weighted by Crippen LogP contribution is 2.21. The molecule has 0 aromatic carbocycles. The predicted octanol–water partition coefficient (Wildman–Crippen LogP) is 1.73. The second-order valence-corrected chi connectivity index (χ2v) is 5.40. The zero-order chi connectivity index (χ0) is 12.1. The van der Waals surface area contributed by atoms with Gasteiger partial charge in [0.1, 0.15) is 0 Å². The Morgan fingerprint density at radius 3 is 2.71 bits per heavy atom. The van der Waals surface area contributed by atoms with Crippen molar-refractivity contribution in [1.29, 1.82) is 0 Å². The van der Waals surface area contributed by atoms with Gasteiger partial charge in [0.05, 0.1) is 0 Å². The van der Waals surface area contributed by atoms with Crippen LogP contribution in [0.5, 0.6) is 0 Å². The number of aliphatic hydroxyl groups is 1. The molecule has 98 valence electrons. The van der Waals surface area contributed by atoms with Crippen molar-refractivity contribution in [3.63, 3.8) is 0 Å². The fourth-order valence-electron chi connectivity index (χ4n) is 2.95. The van der Waals surface area contributed by atoms with Gasteiger partial charge in [-0.15, -0.1) is 0 Å². The first-order chi connectivity index (χ1) is 8.29. The van der Waals surface area contributed by atoms with Crippen LogP contribution in [-0.2, 0) is 0 Å². The lowest BCUT2D eigenvalue weighted by Crippen LogP contribution is -2.44. The number of carbonyl (C=O) groups is 1. The molecule has 0 aromatic rings. The Kier molecular flexibility index (Phi) is 4.66. The van der Waals surface area contributed by atoms with Crippen LogP contribution in [-0.4, -0.2) is 41.8 Å². The van der Waals surface area contributed by atoms with Gasteiger partial charge in [-0.1, -0.05) is 19.3 Å². The maximum Gasteiger partial charge on any atom is 0.317 e. The highest BCUT2D eigenvalue weighted by atomic mass is 16.3. The van der Waals surface area contributed by atoms with E-state index in [-0.39, 0.29) is 12.6 Å². The third-order valence-corrected chi connectivity index (χ3v) is 4.04. The van der Waals surface area contributed by atoms with Crippen LogP contribution in [0.3, 0.4) is 0 Å². The van der Waals surface area contributed by atoms with Crippen molar-refractivity contribution in [2.75, 3.05) is 19.7 Å². The molecular formula is C13H24N2O2. The van der Waals surface area contributed by atoms with Crippen LogP contribution < -0.4 is 5.32 Å². The minimum Gasteiger partial charge on any atom is -0.396 e. The second-order valence-electron chi connectivity index (χ2n) is 5.40. The molecule has 4 heteroatoms. The first kappa shape index (κ1) is 12.7. The van der Waals surface area contributed by atoms with Crippen molar-refractivity contribution < 1.29 is 9.90 Å². The molecule has 1 atom stereocenters. The molecule has 1 saturated heterocycles. The van der Waals surface area contributed by atoms with Gasteiger partial charge in [-0.05, 0) is 31.6 Å². The van der Waals surface area contributed by atoms with E-state index in [1.807, 2.05) is 4.90 Å². The first-order valence-corrected chi connectivity index (χ1v) is 6.96. The number of aliphatic hydroxyl groups excluding tert-OH is 1. The largest absolute Gasteiger partial charge is 0.396 e. The number of likely N-dealkylation sites (tertiary alicyclic amines) is 1. The number of urea groups is 1. The highest BCUT2D eigenvalue weighted by molar-refractivity contribution is 5.74. The standard InChI is InChI=1S/C13H24N2O2/c16-9-7-11-6-8-15(10-11)13(17)14-12-4-2-1-3-5-12/h11-12,16H,1-10H2,(H,14,17). The third-order valence-electron chi connectivity index (χ3n) is 4.04. The normalized spacial score (nSPS) is 26.2. The molecule has 2 rings (SSSR count). The monoisotopic (exact) mass is 240 g/mol. The van der Waals surface area contributed by atoms with Crippen LogP contribution >= 0.6 is 0 Å². The number of amides is 2. The van der Waals surface area contributed by atoms with Crippen LogP contribution in [0, 0.1) is 5.92 Å². The maximum atomic E-state index is 12.0. The molecule has 17 heavy (non-hydrogen) atoms. The van der Waals surface area contributed by atoms with E-state index in [0.717, 1.165) is 38.8 Å². The van der Waals surface area contributed by atoms with E-state index in [2.05, 4.69) is 5.32 Å². The van der Waals surface area contributed by atoms with Gasteiger partial charge >= 0.3 is 6.03 Å². The van der Waals surface area contributed by atoms with Crippen LogP contribution in [0.1, 0.15) is 44.9 Å². The third kappa shape index (κ3) is 3.60. The van der Waals surface area contributed by atoms with Gasteiger partial charge in [-0.3, -0.25) is 0 Å². The molecule has 4 nitrogen and oxygen atoms in total. The summed E-state index contributed by atoms with van der Waals surface area (Å²) in [6.07, 6.45) is 7.95. The molecule has 1 heterocycles. The number of nitrogens with one attached hydrogen (secondary N) is 1. The lowest BCUT2D eigenvalue weighted by atomic mass is 9.96. The van der Waals surface area contributed by atoms with E-state index >= 15 is 0 Å². The maximum absolute atomic E-state index is 12.0. The van der Waals surface area contributed by atoms with Crippen LogP contribution in [0.25, 0.3) is 0 Å². The van der Waals surface area contributed by atoms with E-state index in [4.69, 9.17) is 5.11 Å². The Hall–Kier alpha value is -0.770. The SMILES string of the molecule is O=C(NC1CCCCC1)N1CCC(CCO)C1. The van der Waals surface area contributed by atoms with Gasteiger partial charge in [0.15, 0.2) is 0 Å². The fraction of sp³-hybridized carbons (Fsp3) is 0.923. The van der Waals surface area contributed by atoms with Crippen molar-refractivity contribution in [2.45, 2.75) is 51.0 Å². The van der Waals surface area contributed by atoms with Gasteiger partial charge in [0, 0.05) is 25.7 Å². The summed E-state index contributed by atoms with van der Waals surface area (Å²) in [7, 11) is 0. The molecule has 1 saturated carbocycles. The Morgan fingerprint density at radius 1 is 1.24 bits per heavy atom. The van der Waals surface area contributed by atoms with E-state index < -0.39 is 0 Å². The minimum absolute atomic E-state index is 0.109. The van der Waals surface area contributed by atoms with Crippen molar-refractivity contribution in [3.8, 4) is 0 Å². The molecule has 2 fully saturated rings. The summed E-state index contributed by atoms with van der Waals surface area (Å²) in [5.41, 5.74) is 0. The summed E-state index contributed by atoms with van der Waals surface area (Å²) in [5.74, 6) is 0.497. The fourth-order valence-corrected chi connectivity index (χ4v) is 2.95. The molecule has 0 spiro atoms. The summed E-state index contributed by atoms with van der Waals surface area (Å²) in [6.45, 7) is 1.91. The molecule has 2 N–H and O–H groups in total. The minimum atomic E-state index is 0.109. The second kappa shape index (κ2) is 6.24. The zero-order valence-electron chi connectivity index (χ0n) is 10.5. The summed E-state index contributed by atoms with van der Waals surface area (Å²) in [6, 6.07) is 0.505. The Balaban J connectivity index is 1.72. The van der Waals surface area contributed by atoms with Crippen LogP contribution in [0.15, 0.2) is 0 Å². The van der Waals surface area contributed by atoms with E-state index in [1.165, 1.54) is 19.3 Å². The van der Waals surface area contributed by atoms with Crippen molar-refractivity contribution in [3.05, 3.63) is 0 Å². The van der Waals surface area contributed by atoms with Gasteiger partial charge < -0.3 is 15.3 Å². The Bertz CT molecular complexity index is 252. The number of rotatable bonds is 3. The molecule has 1 aliphatic carbocycles. The van der Waals surface area contributed by atoms with Gasteiger partial charge in [-0.2, -0.15) is 0 Å². The summed E-state index contributed by atoms with van der Waals surface area (Å²) in [5, 5.41) is 12.0. The Labute approximate surface area is 103 Å². The average Bonchev–Trinajstić information content (AvgIpc) is 2.79. The smallest absolute Gasteiger partial charge is 0.317 e.